The molecule has 0 saturated heterocycles. The van der Waals surface area contributed by atoms with Crippen LogP contribution in [0.15, 0.2) is 18.2 Å². The molecule has 2 aliphatic rings. The lowest BCUT2D eigenvalue weighted by atomic mass is 9.54. The molecule has 0 bridgehead atoms. The van der Waals surface area contributed by atoms with Crippen molar-refractivity contribution in [3.63, 3.8) is 0 Å². The third kappa shape index (κ3) is 4.35. The Morgan fingerprint density at radius 1 is 1.19 bits per heavy atom. The van der Waals surface area contributed by atoms with Crippen molar-refractivity contribution < 1.29 is 23.5 Å². The Balaban J connectivity index is 1.70. The van der Waals surface area contributed by atoms with E-state index >= 15 is 0 Å². The largest absolute Gasteiger partial charge is 0.448 e. The molecule has 2 N–H and O–H groups in total. The van der Waals surface area contributed by atoms with E-state index in [9.17, 15) is 18.8 Å². The maximum absolute atomic E-state index is 14.3. The van der Waals surface area contributed by atoms with Crippen LogP contribution < -0.4 is 10.6 Å². The van der Waals surface area contributed by atoms with Gasteiger partial charge in [0.05, 0.1) is 40.5 Å². The normalized spacial score (nSPS) is 17.6. The minimum absolute atomic E-state index is 0.0256. The first-order chi connectivity index (χ1) is 17.2. The van der Waals surface area contributed by atoms with Crippen LogP contribution in [0.3, 0.4) is 0 Å². The Morgan fingerprint density at radius 3 is 2.41 bits per heavy atom. The van der Waals surface area contributed by atoms with E-state index in [0.717, 1.165) is 23.9 Å². The molecular formula is C26H33ClFN5O4. The number of fused-ring (bicyclic) bond motifs is 1. The lowest BCUT2D eigenvalue weighted by Gasteiger charge is -2.50. The van der Waals surface area contributed by atoms with Crippen molar-refractivity contribution in [2.45, 2.75) is 72.9 Å². The van der Waals surface area contributed by atoms with E-state index in [1.54, 1.807) is 20.8 Å². The summed E-state index contributed by atoms with van der Waals surface area (Å²) < 4.78 is 20.6. The molecular weight excluding hydrogens is 501 g/mol. The van der Waals surface area contributed by atoms with Gasteiger partial charge in [-0.15, -0.1) is 4.68 Å². The maximum Gasteiger partial charge on any atom is 0.436 e. The van der Waals surface area contributed by atoms with Crippen molar-refractivity contribution in [3.05, 3.63) is 40.3 Å². The average molecular weight is 534 g/mol. The fourth-order valence-corrected chi connectivity index (χ4v) is 5.42. The van der Waals surface area contributed by atoms with Gasteiger partial charge in [-0.2, -0.15) is 5.10 Å². The molecule has 1 saturated carbocycles. The number of para-hydroxylation sites is 1. The van der Waals surface area contributed by atoms with E-state index < -0.39 is 28.9 Å². The highest BCUT2D eigenvalue weighted by Crippen LogP contribution is 2.54. The SMILES string of the molecule is CCOC(=O)n1nc2c(c1NC(=O)C1(C(C)(C)C)CCC1)CN(C(=O)Nc1c(F)cccc1Cl)C2(C)C. The lowest BCUT2D eigenvalue weighted by molar-refractivity contribution is -0.139. The van der Waals surface area contributed by atoms with Crippen molar-refractivity contribution in [2.75, 3.05) is 17.2 Å². The highest BCUT2D eigenvalue weighted by atomic mass is 35.5. The first-order valence-corrected chi connectivity index (χ1v) is 12.8. The summed E-state index contributed by atoms with van der Waals surface area (Å²) in [6.45, 7) is 11.4. The van der Waals surface area contributed by atoms with Gasteiger partial charge in [-0.05, 0) is 51.2 Å². The summed E-state index contributed by atoms with van der Waals surface area (Å²) in [5.74, 6) is -0.677. The zero-order chi connectivity index (χ0) is 27.3. The molecule has 1 aliphatic carbocycles. The Labute approximate surface area is 220 Å². The zero-order valence-electron chi connectivity index (χ0n) is 22.0. The summed E-state index contributed by atoms with van der Waals surface area (Å²) in [7, 11) is 0. The Hall–Kier alpha value is -3.14. The quantitative estimate of drug-likeness (QED) is 0.492. The summed E-state index contributed by atoms with van der Waals surface area (Å²) in [5, 5.41) is 10.1. The summed E-state index contributed by atoms with van der Waals surface area (Å²) in [6.07, 6.45) is 1.69. The molecule has 0 radical (unpaired) electrons. The molecule has 4 rings (SSSR count). The van der Waals surface area contributed by atoms with Gasteiger partial charge >= 0.3 is 12.1 Å². The molecule has 2 heterocycles. The summed E-state index contributed by atoms with van der Waals surface area (Å²) >= 11 is 6.10. The number of amides is 3. The highest BCUT2D eigenvalue weighted by molar-refractivity contribution is 6.33. The second kappa shape index (κ2) is 9.31. The number of nitrogens with zero attached hydrogens (tertiary/aromatic N) is 3. The molecule has 2 aromatic rings. The number of rotatable bonds is 4. The first-order valence-electron chi connectivity index (χ1n) is 12.4. The third-order valence-corrected chi connectivity index (χ3v) is 8.06. The molecule has 1 aromatic heterocycles. The molecule has 11 heteroatoms. The molecule has 3 amide bonds. The number of halogens is 2. The Bertz CT molecular complexity index is 1240. The van der Waals surface area contributed by atoms with E-state index in [4.69, 9.17) is 16.3 Å². The van der Waals surface area contributed by atoms with Crippen LogP contribution in [0.1, 0.15) is 72.1 Å². The third-order valence-electron chi connectivity index (χ3n) is 7.74. The Morgan fingerprint density at radius 2 is 1.86 bits per heavy atom. The minimum atomic E-state index is -0.993. The number of nitrogens with one attached hydrogen (secondary N) is 2. The van der Waals surface area contributed by atoms with E-state index in [1.807, 2.05) is 20.8 Å². The number of aromatic nitrogens is 2. The van der Waals surface area contributed by atoms with Crippen LogP contribution in [0.25, 0.3) is 0 Å². The van der Waals surface area contributed by atoms with Crippen molar-refractivity contribution in [2.24, 2.45) is 10.8 Å². The molecule has 0 atom stereocenters. The number of carbonyl (C=O) groups is 3. The minimum Gasteiger partial charge on any atom is -0.448 e. The molecule has 9 nitrogen and oxygen atoms in total. The van der Waals surface area contributed by atoms with Gasteiger partial charge in [0.25, 0.3) is 0 Å². The van der Waals surface area contributed by atoms with Crippen LogP contribution in [-0.4, -0.2) is 39.3 Å². The topological polar surface area (TPSA) is 106 Å². The van der Waals surface area contributed by atoms with E-state index in [1.165, 1.54) is 23.1 Å². The summed E-state index contributed by atoms with van der Waals surface area (Å²) in [4.78, 5) is 41.2. The predicted molar refractivity (Wildman–Crippen MR) is 138 cm³/mol. The maximum atomic E-state index is 14.3. The van der Waals surface area contributed by atoms with Gasteiger partial charge in [-0.1, -0.05) is 44.9 Å². The number of hydrogen-bond donors (Lipinski definition) is 2. The molecule has 200 valence electrons. The molecule has 1 fully saturated rings. The Kier molecular flexibility index (Phi) is 6.77. The molecule has 37 heavy (non-hydrogen) atoms. The van der Waals surface area contributed by atoms with Gasteiger partial charge in [0.15, 0.2) is 0 Å². The average Bonchev–Trinajstić information content (AvgIpc) is 3.23. The monoisotopic (exact) mass is 533 g/mol. The van der Waals surface area contributed by atoms with Crippen molar-refractivity contribution in [3.8, 4) is 0 Å². The van der Waals surface area contributed by atoms with Gasteiger partial charge in [0, 0.05) is 5.56 Å². The number of anilines is 2. The van der Waals surface area contributed by atoms with Crippen LogP contribution in [0.5, 0.6) is 0 Å². The van der Waals surface area contributed by atoms with E-state index in [0.29, 0.717) is 11.3 Å². The molecule has 0 spiro atoms. The molecule has 1 aromatic carbocycles. The molecule has 1 aliphatic heterocycles. The zero-order valence-corrected chi connectivity index (χ0v) is 22.8. The predicted octanol–water partition coefficient (Wildman–Crippen LogP) is 6.12. The number of benzene rings is 1. The van der Waals surface area contributed by atoms with Crippen LogP contribution in [0, 0.1) is 16.6 Å². The van der Waals surface area contributed by atoms with Crippen LogP contribution in [-0.2, 0) is 21.6 Å². The van der Waals surface area contributed by atoms with Gasteiger partial charge in [0.1, 0.15) is 11.6 Å². The van der Waals surface area contributed by atoms with Gasteiger partial charge in [0.2, 0.25) is 5.91 Å². The fraction of sp³-hybridized carbons (Fsp3) is 0.538. The van der Waals surface area contributed by atoms with E-state index in [2.05, 4.69) is 15.7 Å². The number of hydrogen-bond acceptors (Lipinski definition) is 5. The van der Waals surface area contributed by atoms with Crippen molar-refractivity contribution in [1.82, 2.24) is 14.7 Å². The van der Waals surface area contributed by atoms with E-state index in [-0.39, 0.29) is 41.0 Å². The smallest absolute Gasteiger partial charge is 0.436 e. The number of ether oxygens (including phenoxy) is 1. The van der Waals surface area contributed by atoms with Gasteiger partial charge in [-0.3, -0.25) is 4.79 Å². The van der Waals surface area contributed by atoms with Crippen LogP contribution in [0.2, 0.25) is 5.02 Å². The number of carbonyl (C=O) groups excluding carboxylic acids is 3. The number of urea groups is 1. The second-order valence-corrected chi connectivity index (χ2v) is 11.5. The van der Waals surface area contributed by atoms with Gasteiger partial charge in [-0.25, -0.2) is 14.0 Å². The molecule has 0 unspecified atom stereocenters. The highest BCUT2D eigenvalue weighted by Gasteiger charge is 2.53. The standard InChI is InChI=1S/C26H33ClFN5O4/c1-7-37-23(36)33-20(30-21(34)26(12-9-13-26)24(2,3)4)15-14-32(25(5,6)19(15)31-33)22(35)29-18-16(27)10-8-11-17(18)28/h8,10-11H,7,9,12-14H2,1-6H3,(H,29,35)(H,30,34). The summed E-state index contributed by atoms with van der Waals surface area (Å²) in [6, 6.07) is 3.53. The summed E-state index contributed by atoms with van der Waals surface area (Å²) in [5.41, 5.74) is -1.05. The lowest BCUT2D eigenvalue weighted by Crippen LogP contribution is -2.51. The van der Waals surface area contributed by atoms with Crippen molar-refractivity contribution >= 4 is 41.1 Å². The first kappa shape index (κ1) is 26.9. The fourth-order valence-electron chi connectivity index (χ4n) is 5.21. The van der Waals surface area contributed by atoms with Crippen molar-refractivity contribution in [1.29, 1.82) is 0 Å². The van der Waals surface area contributed by atoms with Gasteiger partial charge < -0.3 is 20.3 Å². The van der Waals surface area contributed by atoms with Crippen LogP contribution in [0.4, 0.5) is 25.5 Å². The van der Waals surface area contributed by atoms with Crippen LogP contribution >= 0.6 is 11.6 Å². The second-order valence-electron chi connectivity index (χ2n) is 11.1.